The van der Waals surface area contributed by atoms with Crippen molar-refractivity contribution in [1.29, 1.82) is 0 Å². The molecule has 0 saturated heterocycles. The van der Waals surface area contributed by atoms with E-state index >= 15 is 0 Å². The Hall–Kier alpha value is -1.48. The van der Waals surface area contributed by atoms with Crippen LogP contribution in [0.5, 0.6) is 0 Å². The van der Waals surface area contributed by atoms with Crippen LogP contribution in [0.4, 0.5) is 5.13 Å². The lowest BCUT2D eigenvalue weighted by Crippen LogP contribution is -2.16. The normalized spacial score (nSPS) is 11.1. The molecule has 7 nitrogen and oxygen atoms in total. The van der Waals surface area contributed by atoms with Crippen LogP contribution < -0.4 is 5.32 Å². The Morgan fingerprint density at radius 3 is 2.75 bits per heavy atom. The smallest absolute Gasteiger partial charge is 0.311 e. The minimum absolute atomic E-state index is 0.0452. The van der Waals surface area contributed by atoms with E-state index in [1.54, 1.807) is 12.3 Å². The molecular formula is C11H16N2O5S2. The lowest BCUT2D eigenvalue weighted by atomic mass is 10.3. The van der Waals surface area contributed by atoms with Crippen LogP contribution in [0.25, 0.3) is 0 Å². The predicted molar refractivity (Wildman–Crippen MR) is 75.4 cm³/mol. The molecule has 9 heteroatoms. The number of ether oxygens (including phenoxy) is 1. The van der Waals surface area contributed by atoms with Gasteiger partial charge >= 0.3 is 5.97 Å². The number of esters is 1. The first kappa shape index (κ1) is 16.6. The van der Waals surface area contributed by atoms with Crippen LogP contribution in [-0.2, 0) is 30.6 Å². The highest BCUT2D eigenvalue weighted by molar-refractivity contribution is 7.90. The number of sulfone groups is 1. The van der Waals surface area contributed by atoms with Crippen LogP contribution in [0.3, 0.4) is 0 Å². The Labute approximate surface area is 121 Å². The third kappa shape index (κ3) is 6.62. The quantitative estimate of drug-likeness (QED) is 0.739. The summed E-state index contributed by atoms with van der Waals surface area (Å²) in [5.74, 6) is -1.01. The molecular weight excluding hydrogens is 304 g/mol. The molecule has 0 fully saturated rings. The highest BCUT2D eigenvalue weighted by atomic mass is 32.2. The lowest BCUT2D eigenvalue weighted by molar-refractivity contribution is -0.142. The predicted octanol–water partition coefficient (Wildman–Crippen LogP) is 0.622. The second-order valence-corrected chi connectivity index (χ2v) is 7.17. The molecule has 1 amide bonds. The van der Waals surface area contributed by atoms with Gasteiger partial charge in [-0.1, -0.05) is 0 Å². The summed E-state index contributed by atoms with van der Waals surface area (Å²) in [6.07, 6.45) is 0.996. The van der Waals surface area contributed by atoms with Gasteiger partial charge in [-0.2, -0.15) is 0 Å². The standard InChI is InChI=1S/C11H16N2O5S2/c1-3-18-10(15)6-8-7-19-11(12-8)13-9(14)4-5-20(2,16)17/h7H,3-6H2,1-2H3,(H,12,13,14). The van der Waals surface area contributed by atoms with Gasteiger partial charge in [-0.3, -0.25) is 9.59 Å². The van der Waals surface area contributed by atoms with Crippen molar-refractivity contribution in [2.75, 3.05) is 23.9 Å². The molecule has 0 aliphatic heterocycles. The molecule has 1 N–H and O–H groups in total. The molecule has 0 aromatic carbocycles. The summed E-state index contributed by atoms with van der Waals surface area (Å²) in [6.45, 7) is 2.02. The molecule has 0 spiro atoms. The van der Waals surface area contributed by atoms with E-state index in [0.717, 1.165) is 6.26 Å². The zero-order chi connectivity index (χ0) is 15.2. The van der Waals surface area contributed by atoms with Gasteiger partial charge in [0.05, 0.1) is 24.5 Å². The number of nitrogens with zero attached hydrogens (tertiary/aromatic N) is 1. The van der Waals surface area contributed by atoms with Gasteiger partial charge in [0.2, 0.25) is 5.91 Å². The summed E-state index contributed by atoms with van der Waals surface area (Å²) >= 11 is 1.17. The number of hydrogen-bond donors (Lipinski definition) is 1. The second-order valence-electron chi connectivity index (χ2n) is 4.05. The number of rotatable bonds is 7. The van der Waals surface area contributed by atoms with Gasteiger partial charge in [0.25, 0.3) is 0 Å². The Bertz CT molecular complexity index is 579. The molecule has 1 rings (SSSR count). The van der Waals surface area contributed by atoms with Gasteiger partial charge in [-0.15, -0.1) is 11.3 Å². The second kappa shape index (κ2) is 7.34. The zero-order valence-corrected chi connectivity index (χ0v) is 12.8. The molecule has 0 radical (unpaired) electrons. The van der Waals surface area contributed by atoms with E-state index in [0.29, 0.717) is 17.4 Å². The van der Waals surface area contributed by atoms with Gasteiger partial charge in [0, 0.05) is 18.1 Å². The topological polar surface area (TPSA) is 102 Å². The Morgan fingerprint density at radius 2 is 2.15 bits per heavy atom. The number of amides is 1. The van der Waals surface area contributed by atoms with Crippen LogP contribution >= 0.6 is 11.3 Å². The van der Waals surface area contributed by atoms with Crippen LogP contribution in [0.1, 0.15) is 19.0 Å². The Balaban J connectivity index is 2.47. The number of anilines is 1. The van der Waals surface area contributed by atoms with Crippen molar-refractivity contribution in [3.63, 3.8) is 0 Å². The Morgan fingerprint density at radius 1 is 1.45 bits per heavy atom. The van der Waals surface area contributed by atoms with Crippen LogP contribution in [0.2, 0.25) is 0 Å². The van der Waals surface area contributed by atoms with Gasteiger partial charge in [-0.25, -0.2) is 13.4 Å². The number of nitrogens with one attached hydrogen (secondary N) is 1. The fourth-order valence-electron chi connectivity index (χ4n) is 1.27. The van der Waals surface area contributed by atoms with Crippen molar-refractivity contribution in [3.05, 3.63) is 11.1 Å². The van der Waals surface area contributed by atoms with E-state index in [1.807, 2.05) is 0 Å². The van der Waals surface area contributed by atoms with Gasteiger partial charge < -0.3 is 10.1 Å². The summed E-state index contributed by atoms with van der Waals surface area (Å²) < 4.78 is 26.6. The van der Waals surface area contributed by atoms with Crippen molar-refractivity contribution < 1.29 is 22.7 Å². The first-order valence-corrected chi connectivity index (χ1v) is 8.81. The van der Waals surface area contributed by atoms with Crippen LogP contribution in [0.15, 0.2) is 5.38 Å². The molecule has 20 heavy (non-hydrogen) atoms. The third-order valence-electron chi connectivity index (χ3n) is 2.13. The molecule has 0 aliphatic rings. The van der Waals surface area contributed by atoms with Crippen LogP contribution in [-0.4, -0.2) is 43.9 Å². The molecule has 0 unspecified atom stereocenters. The van der Waals surface area contributed by atoms with E-state index in [-0.39, 0.29) is 24.6 Å². The van der Waals surface area contributed by atoms with Crippen molar-refractivity contribution in [2.45, 2.75) is 19.8 Å². The number of carbonyl (C=O) groups is 2. The minimum atomic E-state index is -3.17. The van der Waals surface area contributed by atoms with Crippen molar-refractivity contribution in [2.24, 2.45) is 0 Å². The highest BCUT2D eigenvalue weighted by Crippen LogP contribution is 2.16. The maximum Gasteiger partial charge on any atom is 0.311 e. The maximum atomic E-state index is 11.5. The molecule has 112 valence electrons. The molecule has 1 heterocycles. The summed E-state index contributed by atoms with van der Waals surface area (Å²) in [7, 11) is -3.17. The molecule has 0 atom stereocenters. The first-order valence-electron chi connectivity index (χ1n) is 5.87. The van der Waals surface area contributed by atoms with E-state index in [2.05, 4.69) is 10.3 Å². The SMILES string of the molecule is CCOC(=O)Cc1csc(NC(=O)CCS(C)(=O)=O)n1. The van der Waals surface area contributed by atoms with Gasteiger partial charge in [0.1, 0.15) is 9.84 Å². The molecule has 0 bridgehead atoms. The molecule has 1 aromatic rings. The fraction of sp³-hybridized carbons (Fsp3) is 0.545. The monoisotopic (exact) mass is 320 g/mol. The fourth-order valence-corrected chi connectivity index (χ4v) is 2.55. The summed E-state index contributed by atoms with van der Waals surface area (Å²) in [4.78, 5) is 26.8. The van der Waals surface area contributed by atoms with Crippen molar-refractivity contribution in [3.8, 4) is 0 Å². The highest BCUT2D eigenvalue weighted by Gasteiger charge is 2.12. The summed E-state index contributed by atoms with van der Waals surface area (Å²) in [5, 5.41) is 4.47. The zero-order valence-electron chi connectivity index (χ0n) is 11.2. The lowest BCUT2D eigenvalue weighted by Gasteiger charge is -2.00. The number of hydrogen-bond acceptors (Lipinski definition) is 7. The van der Waals surface area contributed by atoms with E-state index in [1.165, 1.54) is 11.3 Å². The number of aromatic nitrogens is 1. The average molecular weight is 320 g/mol. The van der Waals surface area contributed by atoms with Gasteiger partial charge in [0.15, 0.2) is 5.13 Å². The van der Waals surface area contributed by atoms with Gasteiger partial charge in [-0.05, 0) is 6.92 Å². The third-order valence-corrected chi connectivity index (χ3v) is 3.88. The summed E-state index contributed by atoms with van der Waals surface area (Å²) in [6, 6.07) is 0. The van der Waals surface area contributed by atoms with Crippen LogP contribution in [0, 0.1) is 0 Å². The molecule has 0 saturated carbocycles. The Kier molecular flexibility index (Phi) is 6.08. The minimum Gasteiger partial charge on any atom is -0.466 e. The van der Waals surface area contributed by atoms with E-state index in [9.17, 15) is 18.0 Å². The average Bonchev–Trinajstić information content (AvgIpc) is 2.73. The summed E-state index contributed by atoms with van der Waals surface area (Å²) in [5.41, 5.74) is 0.506. The maximum absolute atomic E-state index is 11.5. The van der Waals surface area contributed by atoms with Crippen molar-refractivity contribution in [1.82, 2.24) is 4.98 Å². The van der Waals surface area contributed by atoms with Crippen molar-refractivity contribution >= 4 is 38.2 Å². The van der Waals surface area contributed by atoms with E-state index < -0.39 is 15.7 Å². The largest absolute Gasteiger partial charge is 0.466 e. The molecule has 0 aliphatic carbocycles. The number of carbonyl (C=O) groups excluding carboxylic acids is 2. The van der Waals surface area contributed by atoms with E-state index in [4.69, 9.17) is 4.74 Å². The number of thiazole rings is 1. The first-order chi connectivity index (χ1) is 9.30. The molecule has 1 aromatic heterocycles.